The third-order valence-corrected chi connectivity index (χ3v) is 3.92. The number of hydrogen-bond donors (Lipinski definition) is 1. The molecule has 2 unspecified atom stereocenters. The second-order valence-electron chi connectivity index (χ2n) is 4.21. The molecule has 1 aromatic carbocycles. The highest BCUT2D eigenvalue weighted by atomic mass is 35.5. The van der Waals surface area contributed by atoms with Gasteiger partial charge in [0, 0.05) is 5.92 Å². The molecule has 0 amide bonds. The minimum atomic E-state index is -4.81. The van der Waals surface area contributed by atoms with Gasteiger partial charge in [0.15, 0.2) is 0 Å². The second-order valence-corrected chi connectivity index (χ2v) is 5.65. The summed E-state index contributed by atoms with van der Waals surface area (Å²) in [5, 5.41) is 8.83. The molecule has 1 N–H and O–H groups in total. The summed E-state index contributed by atoms with van der Waals surface area (Å²) in [6, 6.07) is 2.15. The number of hydrogen-bond acceptors (Lipinski definition) is 1. The van der Waals surface area contributed by atoms with Crippen LogP contribution in [-0.4, -0.2) is 15.4 Å². The van der Waals surface area contributed by atoms with Crippen LogP contribution in [0.5, 0.6) is 0 Å². The van der Waals surface area contributed by atoms with Crippen LogP contribution in [0.1, 0.15) is 17.0 Å². The molecule has 0 spiro atoms. The van der Waals surface area contributed by atoms with Gasteiger partial charge in [0.05, 0.1) is 11.5 Å². The summed E-state index contributed by atoms with van der Waals surface area (Å²) < 4.78 is 48.8. The Morgan fingerprint density at radius 2 is 1.89 bits per heavy atom. The molecule has 0 aromatic heterocycles. The molecule has 0 aliphatic heterocycles. The van der Waals surface area contributed by atoms with E-state index >= 15 is 0 Å². The number of carboxylic acids is 1. The highest BCUT2D eigenvalue weighted by molar-refractivity contribution is 6.53. The molecule has 1 saturated carbocycles. The lowest BCUT2D eigenvalue weighted by molar-refractivity contribution is -0.140. The van der Waals surface area contributed by atoms with Crippen molar-refractivity contribution >= 4 is 29.2 Å². The normalized spacial score (nSPS) is 25.2. The average Bonchev–Trinajstić information content (AvgIpc) is 2.79. The van der Waals surface area contributed by atoms with E-state index < -0.39 is 39.7 Å². The van der Waals surface area contributed by atoms with Gasteiger partial charge in [-0.2, -0.15) is 13.2 Å². The molecule has 0 radical (unpaired) electrons. The minimum absolute atomic E-state index is 0.0305. The SMILES string of the molecule is O=C(O)C1C(c2ccc(C(F)(F)F)c(F)c2)C1(Cl)Cl. The second kappa shape index (κ2) is 4.24. The Kier molecular flexibility index (Phi) is 3.22. The van der Waals surface area contributed by atoms with Crippen LogP contribution in [0, 0.1) is 11.7 Å². The van der Waals surface area contributed by atoms with Crippen molar-refractivity contribution in [2.24, 2.45) is 5.92 Å². The van der Waals surface area contributed by atoms with Gasteiger partial charge in [0.1, 0.15) is 10.2 Å². The monoisotopic (exact) mass is 316 g/mol. The van der Waals surface area contributed by atoms with Gasteiger partial charge in [0.25, 0.3) is 0 Å². The Hall–Kier alpha value is -1.01. The maximum absolute atomic E-state index is 13.4. The number of carboxylic acid groups (broad SMARTS) is 1. The minimum Gasteiger partial charge on any atom is -0.481 e. The number of halogens is 6. The molecule has 1 aliphatic carbocycles. The lowest BCUT2D eigenvalue weighted by atomic mass is 10.1. The molecule has 2 nitrogen and oxygen atoms in total. The van der Waals surface area contributed by atoms with Gasteiger partial charge in [-0.05, 0) is 17.7 Å². The third kappa shape index (κ3) is 2.39. The molecule has 0 saturated heterocycles. The van der Waals surface area contributed by atoms with Gasteiger partial charge in [-0.3, -0.25) is 4.79 Å². The predicted molar refractivity (Wildman–Crippen MR) is 59.7 cm³/mol. The van der Waals surface area contributed by atoms with E-state index in [1.807, 2.05) is 0 Å². The first kappa shape index (κ1) is 14.4. The molecule has 104 valence electrons. The van der Waals surface area contributed by atoms with E-state index in [0.29, 0.717) is 12.1 Å². The third-order valence-electron chi connectivity index (χ3n) is 2.98. The first-order chi connectivity index (χ1) is 8.56. The van der Waals surface area contributed by atoms with E-state index in [1.165, 1.54) is 0 Å². The summed E-state index contributed by atoms with van der Waals surface area (Å²) in [6.07, 6.45) is -4.81. The largest absolute Gasteiger partial charge is 0.481 e. The Bertz CT molecular complexity index is 542. The van der Waals surface area contributed by atoms with Crippen LogP contribution >= 0.6 is 23.2 Å². The number of rotatable bonds is 2. The molecule has 0 bridgehead atoms. The van der Waals surface area contributed by atoms with E-state index in [2.05, 4.69) is 0 Å². The molecular weight excluding hydrogens is 311 g/mol. The first-order valence-electron chi connectivity index (χ1n) is 5.04. The van der Waals surface area contributed by atoms with Crippen LogP contribution in [0.2, 0.25) is 0 Å². The zero-order chi connectivity index (χ0) is 14.6. The Balaban J connectivity index is 2.35. The first-order valence-corrected chi connectivity index (χ1v) is 5.79. The Morgan fingerprint density at radius 1 is 1.32 bits per heavy atom. The average molecular weight is 317 g/mol. The molecule has 0 heterocycles. The standard InChI is InChI=1S/C11H6Cl2F4O2/c12-10(13)7(8(10)9(18)19)4-1-2-5(6(14)3-4)11(15,16)17/h1-3,7-8H,(H,18,19). The van der Waals surface area contributed by atoms with Gasteiger partial charge in [0.2, 0.25) is 0 Å². The molecule has 2 atom stereocenters. The Morgan fingerprint density at radius 3 is 2.26 bits per heavy atom. The molecular formula is C11H6Cl2F4O2. The van der Waals surface area contributed by atoms with Crippen LogP contribution in [-0.2, 0) is 11.0 Å². The highest BCUT2D eigenvalue weighted by Crippen LogP contribution is 2.65. The van der Waals surface area contributed by atoms with Crippen LogP contribution in [0.15, 0.2) is 18.2 Å². The van der Waals surface area contributed by atoms with Gasteiger partial charge in [-0.15, -0.1) is 0 Å². The van der Waals surface area contributed by atoms with Crippen molar-refractivity contribution in [1.29, 1.82) is 0 Å². The molecule has 1 aliphatic rings. The molecule has 8 heteroatoms. The van der Waals surface area contributed by atoms with Crippen molar-refractivity contribution in [2.45, 2.75) is 16.4 Å². The van der Waals surface area contributed by atoms with E-state index in [9.17, 15) is 22.4 Å². The van der Waals surface area contributed by atoms with Crippen LogP contribution in [0.4, 0.5) is 17.6 Å². The van der Waals surface area contributed by atoms with Gasteiger partial charge in [-0.25, -0.2) is 4.39 Å². The van der Waals surface area contributed by atoms with Crippen molar-refractivity contribution in [2.75, 3.05) is 0 Å². The smallest absolute Gasteiger partial charge is 0.419 e. The summed E-state index contributed by atoms with van der Waals surface area (Å²) >= 11 is 11.4. The van der Waals surface area contributed by atoms with Gasteiger partial charge < -0.3 is 5.11 Å². The fourth-order valence-electron chi connectivity index (χ4n) is 2.00. The highest BCUT2D eigenvalue weighted by Gasteiger charge is 2.68. The van der Waals surface area contributed by atoms with E-state index in [1.54, 1.807) is 0 Å². The Labute approximate surface area is 114 Å². The molecule has 2 rings (SSSR count). The van der Waals surface area contributed by atoms with Crippen molar-refractivity contribution in [3.8, 4) is 0 Å². The summed E-state index contributed by atoms with van der Waals surface area (Å²) in [4.78, 5) is 10.8. The predicted octanol–water partition coefficient (Wildman–Crippen LogP) is 3.82. The van der Waals surface area contributed by atoms with E-state index in [4.69, 9.17) is 28.3 Å². The summed E-state index contributed by atoms with van der Waals surface area (Å²) in [7, 11) is 0. The van der Waals surface area contributed by atoms with Crippen molar-refractivity contribution in [3.05, 3.63) is 35.1 Å². The van der Waals surface area contributed by atoms with Gasteiger partial charge >= 0.3 is 12.1 Å². The van der Waals surface area contributed by atoms with E-state index in [0.717, 1.165) is 6.07 Å². The lowest BCUT2D eigenvalue weighted by Gasteiger charge is -2.09. The number of aliphatic carboxylic acids is 1. The zero-order valence-corrected chi connectivity index (χ0v) is 10.5. The van der Waals surface area contributed by atoms with Crippen molar-refractivity contribution in [3.63, 3.8) is 0 Å². The van der Waals surface area contributed by atoms with Crippen molar-refractivity contribution in [1.82, 2.24) is 0 Å². The molecule has 1 fully saturated rings. The molecule has 19 heavy (non-hydrogen) atoms. The lowest BCUT2D eigenvalue weighted by Crippen LogP contribution is -2.08. The van der Waals surface area contributed by atoms with Gasteiger partial charge in [-0.1, -0.05) is 29.3 Å². The fourth-order valence-corrected chi connectivity index (χ4v) is 2.82. The topological polar surface area (TPSA) is 37.3 Å². The number of benzene rings is 1. The van der Waals surface area contributed by atoms with Crippen LogP contribution in [0.3, 0.4) is 0 Å². The zero-order valence-electron chi connectivity index (χ0n) is 9.01. The number of carbonyl (C=O) groups is 1. The number of alkyl halides is 5. The maximum Gasteiger partial charge on any atom is 0.419 e. The molecule has 1 aromatic rings. The summed E-state index contributed by atoms with van der Waals surface area (Å²) in [5.74, 6) is -4.85. The van der Waals surface area contributed by atoms with E-state index in [-0.39, 0.29) is 5.56 Å². The van der Waals surface area contributed by atoms with Crippen LogP contribution in [0.25, 0.3) is 0 Å². The maximum atomic E-state index is 13.4. The van der Waals surface area contributed by atoms with Crippen LogP contribution < -0.4 is 0 Å². The fraction of sp³-hybridized carbons (Fsp3) is 0.364. The summed E-state index contributed by atoms with van der Waals surface area (Å²) in [6.45, 7) is 0. The quantitative estimate of drug-likeness (QED) is 0.665. The summed E-state index contributed by atoms with van der Waals surface area (Å²) in [5.41, 5.74) is -1.39. The van der Waals surface area contributed by atoms with Crippen molar-refractivity contribution < 1.29 is 27.5 Å².